The maximum Gasteiger partial charge on any atom is 0.137 e. The quantitative estimate of drug-likeness (QED) is 0.822. The lowest BCUT2D eigenvalue weighted by Crippen LogP contribution is -2.22. The van der Waals surface area contributed by atoms with Crippen LogP contribution in [0.2, 0.25) is 5.15 Å². The summed E-state index contributed by atoms with van der Waals surface area (Å²) < 4.78 is 0. The van der Waals surface area contributed by atoms with E-state index in [1.807, 2.05) is 13.0 Å². The molecule has 0 radical (unpaired) electrons. The highest BCUT2D eigenvalue weighted by molar-refractivity contribution is 6.30. The van der Waals surface area contributed by atoms with Crippen molar-refractivity contribution < 1.29 is 5.11 Å². The fourth-order valence-corrected chi connectivity index (χ4v) is 1.93. The second kappa shape index (κ2) is 5.98. The molecule has 1 aromatic rings. The number of allylic oxidation sites excluding steroid dienone is 2. The van der Waals surface area contributed by atoms with Crippen LogP contribution in [0.15, 0.2) is 30.1 Å². The highest BCUT2D eigenvalue weighted by Crippen LogP contribution is 2.19. The normalized spacial score (nSPS) is 16.3. The van der Waals surface area contributed by atoms with E-state index in [0.717, 1.165) is 24.0 Å². The van der Waals surface area contributed by atoms with Crippen LogP contribution in [0.25, 0.3) is 0 Å². The van der Waals surface area contributed by atoms with Gasteiger partial charge < -0.3 is 10.4 Å². The third-order valence-corrected chi connectivity index (χ3v) is 3.27. The second-order valence-corrected chi connectivity index (χ2v) is 4.58. The van der Waals surface area contributed by atoms with Gasteiger partial charge in [-0.2, -0.15) is 0 Å². The number of hydrogen-bond acceptors (Lipinski definition) is 4. The Kier molecular flexibility index (Phi) is 4.33. The summed E-state index contributed by atoms with van der Waals surface area (Å²) in [6.45, 7) is 2.25. The van der Waals surface area contributed by atoms with Gasteiger partial charge >= 0.3 is 0 Å². The molecule has 0 aromatic carbocycles. The van der Waals surface area contributed by atoms with Gasteiger partial charge in [-0.3, -0.25) is 0 Å². The molecule has 0 spiro atoms. The third-order valence-electron chi connectivity index (χ3n) is 2.89. The first-order valence-corrected chi connectivity index (χ1v) is 6.32. The highest BCUT2D eigenvalue weighted by atomic mass is 35.5. The molecule has 96 valence electrons. The first-order valence-electron chi connectivity index (χ1n) is 5.94. The van der Waals surface area contributed by atoms with Crippen molar-refractivity contribution in [2.24, 2.45) is 0 Å². The number of hydrogen-bond donors (Lipinski definition) is 2. The van der Waals surface area contributed by atoms with Crippen molar-refractivity contribution in [3.63, 3.8) is 0 Å². The first kappa shape index (κ1) is 13.1. The summed E-state index contributed by atoms with van der Waals surface area (Å²) in [4.78, 5) is 7.99. The Balaban J connectivity index is 1.97. The molecule has 0 aliphatic heterocycles. The maximum atomic E-state index is 10.0. The molecule has 0 amide bonds. The van der Waals surface area contributed by atoms with E-state index in [0.29, 0.717) is 17.5 Å². The Labute approximate surface area is 111 Å². The standard InChI is InChI=1S/C13H16ClN3O/c1-9-12(14)16-8-17-13(9)15-7-11(18)10-5-3-2-4-6-10/h3,5-6,8,11,18H,2,4,7H2,1H3,(H,15,16,17). The van der Waals surface area contributed by atoms with Gasteiger partial charge in [-0.25, -0.2) is 9.97 Å². The van der Waals surface area contributed by atoms with Crippen molar-refractivity contribution in [1.29, 1.82) is 0 Å². The fourth-order valence-electron chi connectivity index (χ4n) is 1.80. The molecule has 1 unspecified atom stereocenters. The zero-order valence-corrected chi connectivity index (χ0v) is 11.0. The molecule has 1 atom stereocenters. The van der Waals surface area contributed by atoms with E-state index in [-0.39, 0.29) is 0 Å². The molecule has 4 nitrogen and oxygen atoms in total. The Bertz CT molecular complexity index is 485. The molecule has 18 heavy (non-hydrogen) atoms. The van der Waals surface area contributed by atoms with Gasteiger partial charge in [0.05, 0.1) is 6.10 Å². The first-order chi connectivity index (χ1) is 8.68. The minimum atomic E-state index is -0.533. The lowest BCUT2D eigenvalue weighted by atomic mass is 10.0. The van der Waals surface area contributed by atoms with Gasteiger partial charge in [0.2, 0.25) is 0 Å². The van der Waals surface area contributed by atoms with Gasteiger partial charge in [0.15, 0.2) is 0 Å². The minimum absolute atomic E-state index is 0.407. The Morgan fingerprint density at radius 1 is 1.44 bits per heavy atom. The zero-order chi connectivity index (χ0) is 13.0. The molecule has 1 aliphatic rings. The van der Waals surface area contributed by atoms with Crippen LogP contribution in [0.3, 0.4) is 0 Å². The Morgan fingerprint density at radius 2 is 2.28 bits per heavy atom. The number of aliphatic hydroxyl groups excluding tert-OH is 1. The molecule has 0 bridgehead atoms. The molecule has 0 saturated heterocycles. The van der Waals surface area contributed by atoms with E-state index in [9.17, 15) is 5.11 Å². The van der Waals surface area contributed by atoms with Crippen molar-refractivity contribution in [3.05, 3.63) is 40.8 Å². The average molecular weight is 266 g/mol. The number of halogens is 1. The molecule has 0 fully saturated rings. The van der Waals surface area contributed by atoms with Crippen molar-refractivity contribution in [2.75, 3.05) is 11.9 Å². The van der Waals surface area contributed by atoms with Crippen LogP contribution in [0.1, 0.15) is 18.4 Å². The van der Waals surface area contributed by atoms with Crippen LogP contribution in [0.4, 0.5) is 5.82 Å². The van der Waals surface area contributed by atoms with E-state index in [4.69, 9.17) is 11.6 Å². The summed E-state index contributed by atoms with van der Waals surface area (Å²) in [5.74, 6) is 0.662. The van der Waals surface area contributed by atoms with Crippen LogP contribution in [-0.4, -0.2) is 27.7 Å². The predicted molar refractivity (Wildman–Crippen MR) is 72.7 cm³/mol. The summed E-state index contributed by atoms with van der Waals surface area (Å²) in [6, 6.07) is 0. The molecule has 1 aromatic heterocycles. The van der Waals surface area contributed by atoms with Gasteiger partial charge in [0, 0.05) is 12.1 Å². The van der Waals surface area contributed by atoms with Gasteiger partial charge in [-0.1, -0.05) is 29.8 Å². The van der Waals surface area contributed by atoms with E-state index >= 15 is 0 Å². The van der Waals surface area contributed by atoms with E-state index in [1.54, 1.807) is 0 Å². The van der Waals surface area contributed by atoms with Gasteiger partial charge in [-0.05, 0) is 25.3 Å². The lowest BCUT2D eigenvalue weighted by Gasteiger charge is -2.16. The van der Waals surface area contributed by atoms with Crippen LogP contribution in [-0.2, 0) is 0 Å². The molecule has 5 heteroatoms. The number of rotatable bonds is 4. The number of aliphatic hydroxyl groups is 1. The number of anilines is 1. The minimum Gasteiger partial charge on any atom is -0.387 e. The maximum absolute atomic E-state index is 10.0. The fraction of sp³-hybridized carbons (Fsp3) is 0.385. The molecule has 2 N–H and O–H groups in total. The van der Waals surface area contributed by atoms with Crippen molar-refractivity contribution in [2.45, 2.75) is 25.9 Å². The molecule has 0 saturated carbocycles. The highest BCUT2D eigenvalue weighted by Gasteiger charge is 2.11. The van der Waals surface area contributed by atoms with Gasteiger partial charge in [0.1, 0.15) is 17.3 Å². The van der Waals surface area contributed by atoms with Crippen LogP contribution in [0, 0.1) is 6.92 Å². The third kappa shape index (κ3) is 3.09. The summed E-state index contributed by atoms with van der Waals surface area (Å²) in [5.41, 5.74) is 1.74. The van der Waals surface area contributed by atoms with Crippen LogP contribution < -0.4 is 5.32 Å². The summed E-state index contributed by atoms with van der Waals surface area (Å²) in [7, 11) is 0. The number of aromatic nitrogens is 2. The molecular formula is C13H16ClN3O. The van der Waals surface area contributed by atoms with Gasteiger partial charge in [0.25, 0.3) is 0 Å². The summed E-state index contributed by atoms with van der Waals surface area (Å²) in [6.07, 6.45) is 9.01. The lowest BCUT2D eigenvalue weighted by molar-refractivity contribution is 0.227. The SMILES string of the molecule is Cc1c(Cl)ncnc1NCC(O)C1=CCCC=C1. The van der Waals surface area contributed by atoms with E-state index in [2.05, 4.69) is 27.4 Å². The second-order valence-electron chi connectivity index (χ2n) is 4.22. The van der Waals surface area contributed by atoms with E-state index in [1.165, 1.54) is 6.33 Å². The Hall–Kier alpha value is -1.39. The largest absolute Gasteiger partial charge is 0.387 e. The van der Waals surface area contributed by atoms with Crippen molar-refractivity contribution >= 4 is 17.4 Å². The van der Waals surface area contributed by atoms with Crippen LogP contribution in [0.5, 0.6) is 0 Å². The van der Waals surface area contributed by atoms with Gasteiger partial charge in [-0.15, -0.1) is 0 Å². The van der Waals surface area contributed by atoms with Crippen LogP contribution >= 0.6 is 11.6 Å². The Morgan fingerprint density at radius 3 is 3.00 bits per heavy atom. The number of nitrogens with zero attached hydrogens (tertiary/aromatic N) is 2. The predicted octanol–water partition coefficient (Wildman–Crippen LogP) is 2.49. The average Bonchev–Trinajstić information content (AvgIpc) is 2.41. The molecule has 1 heterocycles. The van der Waals surface area contributed by atoms with Crippen molar-refractivity contribution in [1.82, 2.24) is 9.97 Å². The number of nitrogens with one attached hydrogen (secondary N) is 1. The monoisotopic (exact) mass is 265 g/mol. The van der Waals surface area contributed by atoms with E-state index < -0.39 is 6.10 Å². The molecular weight excluding hydrogens is 250 g/mol. The summed E-state index contributed by atoms with van der Waals surface area (Å²) in [5, 5.41) is 13.6. The molecule has 1 aliphatic carbocycles. The topological polar surface area (TPSA) is 58.0 Å². The zero-order valence-electron chi connectivity index (χ0n) is 10.2. The smallest absolute Gasteiger partial charge is 0.137 e. The molecule has 2 rings (SSSR count). The van der Waals surface area contributed by atoms with Crippen molar-refractivity contribution in [3.8, 4) is 0 Å². The summed E-state index contributed by atoms with van der Waals surface area (Å²) >= 11 is 5.90.